The van der Waals surface area contributed by atoms with Crippen molar-refractivity contribution < 1.29 is 9.72 Å². The van der Waals surface area contributed by atoms with Crippen LogP contribution >= 0.6 is 0 Å². The minimum atomic E-state index is -0.623. The van der Waals surface area contributed by atoms with Crippen molar-refractivity contribution in [2.24, 2.45) is 7.05 Å². The summed E-state index contributed by atoms with van der Waals surface area (Å²) in [6.45, 7) is 0.254. The highest BCUT2D eigenvalue weighted by molar-refractivity contribution is 5.98. The van der Waals surface area contributed by atoms with E-state index in [1.54, 1.807) is 24.0 Å². The second-order valence-electron chi connectivity index (χ2n) is 4.50. The van der Waals surface area contributed by atoms with Crippen molar-refractivity contribution in [3.63, 3.8) is 0 Å². The number of aromatic nitrogens is 3. The van der Waals surface area contributed by atoms with Crippen molar-refractivity contribution >= 4 is 17.4 Å². The Morgan fingerprint density at radius 1 is 1.52 bits per heavy atom. The SMILES string of the molecule is CN(Cc1nccn1C)C(=O)c1cc([N+](=O)[O-])cnc1N. The summed E-state index contributed by atoms with van der Waals surface area (Å²) in [4.78, 5) is 31.6. The fourth-order valence-electron chi connectivity index (χ4n) is 1.77. The summed E-state index contributed by atoms with van der Waals surface area (Å²) in [5, 5.41) is 10.7. The Hall–Kier alpha value is -2.97. The van der Waals surface area contributed by atoms with Gasteiger partial charge in [-0.05, 0) is 0 Å². The molecular formula is C12H14N6O3. The van der Waals surface area contributed by atoms with Crippen LogP contribution in [0.4, 0.5) is 11.5 Å². The zero-order valence-electron chi connectivity index (χ0n) is 11.6. The lowest BCUT2D eigenvalue weighted by atomic mass is 10.2. The Labute approximate surface area is 120 Å². The molecule has 0 unspecified atom stereocenters. The predicted molar refractivity (Wildman–Crippen MR) is 74.3 cm³/mol. The van der Waals surface area contributed by atoms with E-state index < -0.39 is 10.8 Å². The molecule has 0 spiro atoms. The normalized spacial score (nSPS) is 10.4. The van der Waals surface area contributed by atoms with E-state index in [4.69, 9.17) is 5.73 Å². The molecule has 1 amide bonds. The van der Waals surface area contributed by atoms with Gasteiger partial charge in [-0.3, -0.25) is 14.9 Å². The molecule has 2 rings (SSSR count). The van der Waals surface area contributed by atoms with Crippen molar-refractivity contribution in [1.82, 2.24) is 19.4 Å². The highest BCUT2D eigenvalue weighted by Gasteiger charge is 2.20. The molecule has 0 saturated carbocycles. The third-order valence-corrected chi connectivity index (χ3v) is 2.99. The third-order valence-electron chi connectivity index (χ3n) is 2.99. The molecule has 0 aromatic carbocycles. The van der Waals surface area contributed by atoms with Crippen molar-refractivity contribution in [3.05, 3.63) is 46.2 Å². The Balaban J connectivity index is 2.25. The van der Waals surface area contributed by atoms with Crippen LogP contribution in [-0.4, -0.2) is 37.3 Å². The molecule has 9 heteroatoms. The standard InChI is InChI=1S/C12H14N6O3/c1-16-4-3-14-10(16)7-17(2)12(19)9-5-8(18(20)21)6-15-11(9)13/h3-6H,7H2,1-2H3,(H2,13,15). The van der Waals surface area contributed by atoms with Crippen LogP contribution in [0.15, 0.2) is 24.7 Å². The average Bonchev–Trinajstić information content (AvgIpc) is 2.83. The number of carbonyl (C=O) groups is 1. The number of hydrogen-bond acceptors (Lipinski definition) is 6. The molecule has 0 fully saturated rings. The van der Waals surface area contributed by atoms with Crippen molar-refractivity contribution in [2.45, 2.75) is 6.54 Å². The number of nitrogen functional groups attached to an aromatic ring is 1. The van der Waals surface area contributed by atoms with E-state index in [-0.39, 0.29) is 23.6 Å². The van der Waals surface area contributed by atoms with Gasteiger partial charge in [0, 0.05) is 32.6 Å². The fraction of sp³-hybridized carbons (Fsp3) is 0.250. The van der Waals surface area contributed by atoms with E-state index in [1.165, 1.54) is 4.90 Å². The largest absolute Gasteiger partial charge is 0.383 e. The summed E-state index contributed by atoms with van der Waals surface area (Å²) in [6.07, 6.45) is 4.40. The lowest BCUT2D eigenvalue weighted by Gasteiger charge is -2.17. The predicted octanol–water partition coefficient (Wildman–Crippen LogP) is 0.578. The molecule has 2 aromatic heterocycles. The van der Waals surface area contributed by atoms with Crippen LogP contribution < -0.4 is 5.73 Å². The summed E-state index contributed by atoms with van der Waals surface area (Å²) in [6, 6.07) is 1.12. The number of rotatable bonds is 4. The molecule has 2 N–H and O–H groups in total. The van der Waals surface area contributed by atoms with Crippen LogP contribution in [0.5, 0.6) is 0 Å². The number of pyridine rings is 1. The van der Waals surface area contributed by atoms with Gasteiger partial charge in [-0.15, -0.1) is 0 Å². The first kappa shape index (κ1) is 14.4. The third kappa shape index (κ3) is 2.96. The maximum Gasteiger partial charge on any atom is 0.288 e. The maximum atomic E-state index is 12.3. The lowest BCUT2D eigenvalue weighted by molar-refractivity contribution is -0.385. The zero-order chi connectivity index (χ0) is 15.6. The second kappa shape index (κ2) is 5.57. The van der Waals surface area contributed by atoms with Crippen LogP contribution in [0.1, 0.15) is 16.2 Å². The van der Waals surface area contributed by atoms with Gasteiger partial charge >= 0.3 is 0 Å². The van der Waals surface area contributed by atoms with Gasteiger partial charge in [0.05, 0.1) is 17.0 Å². The molecule has 21 heavy (non-hydrogen) atoms. The van der Waals surface area contributed by atoms with E-state index in [9.17, 15) is 14.9 Å². The molecule has 0 aliphatic rings. The topological polar surface area (TPSA) is 120 Å². The number of carbonyl (C=O) groups excluding carboxylic acids is 1. The molecule has 2 aromatic rings. The van der Waals surface area contributed by atoms with Gasteiger partial charge in [0.2, 0.25) is 0 Å². The molecular weight excluding hydrogens is 276 g/mol. The summed E-state index contributed by atoms with van der Waals surface area (Å²) in [7, 11) is 3.37. The molecule has 0 atom stereocenters. The number of aryl methyl sites for hydroxylation is 1. The molecule has 0 bridgehead atoms. The lowest BCUT2D eigenvalue weighted by Crippen LogP contribution is -2.28. The minimum Gasteiger partial charge on any atom is -0.383 e. The van der Waals surface area contributed by atoms with Crippen LogP contribution in [0.25, 0.3) is 0 Å². The first-order valence-corrected chi connectivity index (χ1v) is 6.01. The molecule has 0 saturated heterocycles. The van der Waals surface area contributed by atoms with Gasteiger partial charge in [0.25, 0.3) is 11.6 Å². The Morgan fingerprint density at radius 2 is 2.24 bits per heavy atom. The Bertz CT molecular complexity index is 696. The highest BCUT2D eigenvalue weighted by atomic mass is 16.6. The quantitative estimate of drug-likeness (QED) is 0.649. The van der Waals surface area contributed by atoms with Crippen LogP contribution in [0.2, 0.25) is 0 Å². The summed E-state index contributed by atoms with van der Waals surface area (Å²) < 4.78 is 1.78. The van der Waals surface area contributed by atoms with E-state index in [2.05, 4.69) is 9.97 Å². The van der Waals surface area contributed by atoms with E-state index in [0.717, 1.165) is 12.3 Å². The van der Waals surface area contributed by atoms with E-state index >= 15 is 0 Å². The number of anilines is 1. The van der Waals surface area contributed by atoms with E-state index in [0.29, 0.717) is 5.82 Å². The smallest absolute Gasteiger partial charge is 0.288 e. The number of amides is 1. The summed E-state index contributed by atoms with van der Waals surface area (Å²) >= 11 is 0. The average molecular weight is 290 g/mol. The first-order valence-electron chi connectivity index (χ1n) is 6.01. The molecule has 0 aliphatic carbocycles. The van der Waals surface area contributed by atoms with Crippen LogP contribution in [0, 0.1) is 10.1 Å². The number of nitro groups is 1. The number of nitrogens with two attached hydrogens (primary N) is 1. The van der Waals surface area contributed by atoms with Crippen LogP contribution in [-0.2, 0) is 13.6 Å². The molecule has 9 nitrogen and oxygen atoms in total. The minimum absolute atomic E-state index is 0.000842. The Morgan fingerprint density at radius 3 is 2.81 bits per heavy atom. The number of imidazole rings is 1. The first-order chi connectivity index (χ1) is 9.90. The van der Waals surface area contributed by atoms with Crippen molar-refractivity contribution in [2.75, 3.05) is 12.8 Å². The number of hydrogen-bond donors (Lipinski definition) is 1. The highest BCUT2D eigenvalue weighted by Crippen LogP contribution is 2.18. The van der Waals surface area contributed by atoms with Gasteiger partial charge in [0.1, 0.15) is 17.8 Å². The van der Waals surface area contributed by atoms with Gasteiger partial charge in [-0.1, -0.05) is 0 Å². The summed E-state index contributed by atoms with van der Waals surface area (Å²) in [5.41, 5.74) is 5.35. The molecule has 0 aliphatic heterocycles. The van der Waals surface area contributed by atoms with Gasteiger partial charge in [-0.2, -0.15) is 0 Å². The molecule has 2 heterocycles. The molecule has 110 valence electrons. The van der Waals surface area contributed by atoms with Crippen LogP contribution in [0.3, 0.4) is 0 Å². The van der Waals surface area contributed by atoms with Crippen molar-refractivity contribution in [3.8, 4) is 0 Å². The van der Waals surface area contributed by atoms with Gasteiger partial charge in [-0.25, -0.2) is 9.97 Å². The Kier molecular flexibility index (Phi) is 3.83. The van der Waals surface area contributed by atoms with E-state index in [1.807, 2.05) is 7.05 Å². The van der Waals surface area contributed by atoms with Gasteiger partial charge < -0.3 is 15.2 Å². The maximum absolute atomic E-state index is 12.3. The van der Waals surface area contributed by atoms with Crippen molar-refractivity contribution in [1.29, 1.82) is 0 Å². The zero-order valence-corrected chi connectivity index (χ0v) is 11.6. The monoisotopic (exact) mass is 290 g/mol. The summed E-state index contributed by atoms with van der Waals surface area (Å²) in [5.74, 6) is 0.187. The number of nitrogens with zero attached hydrogens (tertiary/aromatic N) is 5. The van der Waals surface area contributed by atoms with Gasteiger partial charge in [0.15, 0.2) is 0 Å². The molecule has 0 radical (unpaired) electrons. The second-order valence-corrected chi connectivity index (χ2v) is 4.50. The fourth-order valence-corrected chi connectivity index (χ4v) is 1.77.